The van der Waals surface area contributed by atoms with Crippen LogP contribution in [0, 0.1) is 5.92 Å². The molecule has 0 heterocycles. The monoisotopic (exact) mass is 215 g/mol. The lowest BCUT2D eigenvalue weighted by Gasteiger charge is -2.25. The number of carboxylic acid groups (broad SMARTS) is 1. The van der Waals surface area contributed by atoms with Gasteiger partial charge in [-0.25, -0.2) is 0 Å². The SMILES string of the molecule is C=C(C)CN(CC(C)O)CC(C)C(=O)O. The lowest BCUT2D eigenvalue weighted by Crippen LogP contribution is -2.37. The third-order valence-electron chi connectivity index (χ3n) is 1.97. The normalized spacial score (nSPS) is 15.0. The van der Waals surface area contributed by atoms with Gasteiger partial charge in [-0.15, -0.1) is 0 Å². The van der Waals surface area contributed by atoms with Gasteiger partial charge in [-0.3, -0.25) is 9.69 Å². The van der Waals surface area contributed by atoms with E-state index in [1.807, 2.05) is 11.8 Å². The van der Waals surface area contributed by atoms with Crippen molar-refractivity contribution in [2.45, 2.75) is 26.9 Å². The maximum absolute atomic E-state index is 10.7. The molecule has 0 saturated heterocycles. The minimum atomic E-state index is -0.813. The molecule has 0 saturated carbocycles. The van der Waals surface area contributed by atoms with E-state index in [0.717, 1.165) is 5.57 Å². The Kier molecular flexibility index (Phi) is 6.20. The summed E-state index contributed by atoms with van der Waals surface area (Å²) in [5.41, 5.74) is 0.966. The van der Waals surface area contributed by atoms with Crippen LogP contribution in [-0.4, -0.2) is 46.8 Å². The number of carboxylic acids is 1. The highest BCUT2D eigenvalue weighted by atomic mass is 16.4. The van der Waals surface area contributed by atoms with Gasteiger partial charge in [0.2, 0.25) is 0 Å². The molecule has 0 aromatic heterocycles. The summed E-state index contributed by atoms with van der Waals surface area (Å²) in [6.07, 6.45) is -0.453. The van der Waals surface area contributed by atoms with Crippen molar-refractivity contribution >= 4 is 5.97 Å². The van der Waals surface area contributed by atoms with Crippen LogP contribution in [-0.2, 0) is 4.79 Å². The Morgan fingerprint density at radius 3 is 2.27 bits per heavy atom. The number of hydrogen-bond donors (Lipinski definition) is 2. The van der Waals surface area contributed by atoms with E-state index in [1.165, 1.54) is 0 Å². The van der Waals surface area contributed by atoms with E-state index >= 15 is 0 Å². The third-order valence-corrected chi connectivity index (χ3v) is 1.97. The van der Waals surface area contributed by atoms with E-state index in [1.54, 1.807) is 13.8 Å². The van der Waals surface area contributed by atoms with Gasteiger partial charge in [-0.1, -0.05) is 19.1 Å². The van der Waals surface area contributed by atoms with E-state index in [4.69, 9.17) is 5.11 Å². The topological polar surface area (TPSA) is 60.8 Å². The van der Waals surface area contributed by atoms with Crippen LogP contribution in [0.2, 0.25) is 0 Å². The summed E-state index contributed by atoms with van der Waals surface area (Å²) >= 11 is 0. The second-order valence-corrected chi connectivity index (χ2v) is 4.24. The molecule has 0 fully saturated rings. The summed E-state index contributed by atoms with van der Waals surface area (Å²) in [6.45, 7) is 10.6. The second-order valence-electron chi connectivity index (χ2n) is 4.24. The first-order valence-electron chi connectivity index (χ1n) is 5.10. The fourth-order valence-electron chi connectivity index (χ4n) is 1.42. The summed E-state index contributed by atoms with van der Waals surface area (Å²) in [7, 11) is 0. The Labute approximate surface area is 91.2 Å². The Balaban J connectivity index is 4.23. The number of carbonyl (C=O) groups is 1. The van der Waals surface area contributed by atoms with Crippen LogP contribution in [0.5, 0.6) is 0 Å². The minimum Gasteiger partial charge on any atom is -0.481 e. The molecule has 0 aliphatic heterocycles. The molecule has 0 spiro atoms. The zero-order valence-corrected chi connectivity index (χ0v) is 9.73. The van der Waals surface area contributed by atoms with Gasteiger partial charge in [0.1, 0.15) is 0 Å². The Morgan fingerprint density at radius 1 is 1.40 bits per heavy atom. The molecule has 4 nitrogen and oxygen atoms in total. The summed E-state index contributed by atoms with van der Waals surface area (Å²) in [6, 6.07) is 0. The van der Waals surface area contributed by atoms with Crippen molar-refractivity contribution in [2.24, 2.45) is 5.92 Å². The van der Waals surface area contributed by atoms with Crippen molar-refractivity contribution in [1.82, 2.24) is 4.90 Å². The average molecular weight is 215 g/mol. The molecule has 0 bridgehead atoms. The van der Waals surface area contributed by atoms with Gasteiger partial charge in [0.25, 0.3) is 0 Å². The van der Waals surface area contributed by atoms with E-state index in [9.17, 15) is 9.90 Å². The maximum Gasteiger partial charge on any atom is 0.307 e. The standard InChI is InChI=1S/C11H21NO3/c1-8(2)5-12(7-10(4)13)6-9(3)11(14)15/h9-10,13H,1,5-7H2,2-4H3,(H,14,15). The number of aliphatic hydroxyl groups is 1. The minimum absolute atomic E-state index is 0.428. The number of aliphatic hydroxyl groups excluding tert-OH is 1. The molecule has 2 N–H and O–H groups in total. The summed E-state index contributed by atoms with van der Waals surface area (Å²) < 4.78 is 0. The molecule has 0 rings (SSSR count). The lowest BCUT2D eigenvalue weighted by atomic mass is 10.1. The highest BCUT2D eigenvalue weighted by molar-refractivity contribution is 5.69. The zero-order valence-electron chi connectivity index (χ0n) is 9.73. The predicted molar refractivity (Wildman–Crippen MR) is 59.7 cm³/mol. The molecule has 15 heavy (non-hydrogen) atoms. The number of aliphatic carboxylic acids is 1. The Bertz CT molecular complexity index is 226. The molecule has 2 atom stereocenters. The van der Waals surface area contributed by atoms with Crippen molar-refractivity contribution in [3.8, 4) is 0 Å². The zero-order chi connectivity index (χ0) is 12.0. The van der Waals surface area contributed by atoms with Gasteiger partial charge in [-0.2, -0.15) is 0 Å². The van der Waals surface area contributed by atoms with E-state index < -0.39 is 18.0 Å². The van der Waals surface area contributed by atoms with Gasteiger partial charge < -0.3 is 10.2 Å². The molecular formula is C11H21NO3. The van der Waals surface area contributed by atoms with Crippen LogP contribution in [0.4, 0.5) is 0 Å². The molecule has 0 radical (unpaired) electrons. The quantitative estimate of drug-likeness (QED) is 0.621. The van der Waals surface area contributed by atoms with Crippen LogP contribution in [0.1, 0.15) is 20.8 Å². The van der Waals surface area contributed by atoms with Crippen molar-refractivity contribution in [2.75, 3.05) is 19.6 Å². The largest absolute Gasteiger partial charge is 0.481 e. The van der Waals surface area contributed by atoms with E-state index in [2.05, 4.69) is 6.58 Å². The van der Waals surface area contributed by atoms with Crippen molar-refractivity contribution in [3.05, 3.63) is 12.2 Å². The van der Waals surface area contributed by atoms with Crippen LogP contribution >= 0.6 is 0 Å². The van der Waals surface area contributed by atoms with Crippen LogP contribution in [0.25, 0.3) is 0 Å². The second kappa shape index (κ2) is 6.58. The van der Waals surface area contributed by atoms with Gasteiger partial charge >= 0.3 is 5.97 Å². The first-order valence-corrected chi connectivity index (χ1v) is 5.10. The molecule has 4 heteroatoms. The van der Waals surface area contributed by atoms with Crippen LogP contribution in [0.15, 0.2) is 12.2 Å². The predicted octanol–water partition coefficient (Wildman–Crippen LogP) is 0.966. The molecule has 2 unspecified atom stereocenters. The molecule has 88 valence electrons. The fraction of sp³-hybridized carbons (Fsp3) is 0.727. The fourth-order valence-corrected chi connectivity index (χ4v) is 1.42. The molecule has 0 amide bonds. The average Bonchev–Trinajstić information content (AvgIpc) is 2.00. The van der Waals surface area contributed by atoms with Gasteiger partial charge in [0, 0.05) is 19.6 Å². The summed E-state index contributed by atoms with van der Waals surface area (Å²) in [5, 5.41) is 18.1. The smallest absolute Gasteiger partial charge is 0.307 e. The molecule has 0 aromatic carbocycles. The van der Waals surface area contributed by atoms with Crippen molar-refractivity contribution in [3.63, 3.8) is 0 Å². The molecule has 0 aliphatic rings. The van der Waals surface area contributed by atoms with Gasteiger partial charge in [-0.05, 0) is 13.8 Å². The van der Waals surface area contributed by atoms with Crippen molar-refractivity contribution in [1.29, 1.82) is 0 Å². The molecular weight excluding hydrogens is 194 g/mol. The maximum atomic E-state index is 10.7. The first-order chi connectivity index (χ1) is 6.82. The first kappa shape index (κ1) is 14.1. The number of nitrogens with zero attached hydrogens (tertiary/aromatic N) is 1. The highest BCUT2D eigenvalue weighted by Gasteiger charge is 2.17. The van der Waals surface area contributed by atoms with Crippen LogP contribution < -0.4 is 0 Å². The van der Waals surface area contributed by atoms with E-state index in [0.29, 0.717) is 19.6 Å². The van der Waals surface area contributed by atoms with Gasteiger partial charge in [0.15, 0.2) is 0 Å². The third kappa shape index (κ3) is 7.11. The highest BCUT2D eigenvalue weighted by Crippen LogP contribution is 2.04. The van der Waals surface area contributed by atoms with Crippen molar-refractivity contribution < 1.29 is 15.0 Å². The van der Waals surface area contributed by atoms with E-state index in [-0.39, 0.29) is 0 Å². The van der Waals surface area contributed by atoms with Crippen LogP contribution in [0.3, 0.4) is 0 Å². The Hall–Kier alpha value is -0.870. The number of hydrogen-bond acceptors (Lipinski definition) is 3. The number of rotatable bonds is 7. The summed E-state index contributed by atoms with van der Waals surface area (Å²) in [5.74, 6) is -1.24. The summed E-state index contributed by atoms with van der Waals surface area (Å²) in [4.78, 5) is 12.6. The molecule has 0 aromatic rings. The van der Waals surface area contributed by atoms with Gasteiger partial charge in [0.05, 0.1) is 12.0 Å². The lowest BCUT2D eigenvalue weighted by molar-refractivity contribution is -0.141. The Morgan fingerprint density at radius 2 is 1.93 bits per heavy atom. The molecule has 0 aliphatic carbocycles.